The van der Waals surface area contributed by atoms with Crippen LogP contribution in [0.3, 0.4) is 0 Å². The van der Waals surface area contributed by atoms with Gasteiger partial charge in [-0.25, -0.2) is 12.8 Å². The first kappa shape index (κ1) is 15.0. The largest absolute Gasteiger partial charge is 0.329 e. The number of rotatable bonds is 4. The van der Waals surface area contributed by atoms with Crippen LogP contribution in [-0.4, -0.2) is 15.0 Å². The van der Waals surface area contributed by atoms with Crippen LogP contribution in [0.15, 0.2) is 53.4 Å². The van der Waals surface area contributed by atoms with Gasteiger partial charge in [-0.1, -0.05) is 23.7 Å². The highest BCUT2D eigenvalue weighted by molar-refractivity contribution is 7.91. The van der Waals surface area contributed by atoms with Gasteiger partial charge >= 0.3 is 0 Å². The summed E-state index contributed by atoms with van der Waals surface area (Å²) in [6.45, 7) is -0.131. The summed E-state index contributed by atoms with van der Waals surface area (Å²) in [6.07, 6.45) is 0. The number of halogens is 2. The van der Waals surface area contributed by atoms with Crippen LogP contribution in [0, 0.1) is 5.82 Å². The van der Waals surface area contributed by atoms with Crippen LogP contribution in [0.5, 0.6) is 0 Å². The summed E-state index contributed by atoms with van der Waals surface area (Å²) >= 11 is 5.74. The first-order valence-electron chi connectivity index (χ1n) is 5.90. The molecule has 3 nitrogen and oxygen atoms in total. The predicted molar refractivity (Wildman–Crippen MR) is 76.8 cm³/mol. The highest BCUT2D eigenvalue weighted by Crippen LogP contribution is 2.29. The monoisotopic (exact) mass is 313 g/mol. The summed E-state index contributed by atoms with van der Waals surface area (Å²) < 4.78 is 38.3. The van der Waals surface area contributed by atoms with Gasteiger partial charge in [-0.15, -0.1) is 0 Å². The Morgan fingerprint density at radius 2 is 1.80 bits per heavy atom. The van der Waals surface area contributed by atoms with E-state index in [9.17, 15) is 12.8 Å². The topological polar surface area (TPSA) is 60.2 Å². The Bertz CT molecular complexity index is 701. The average molecular weight is 314 g/mol. The molecule has 0 saturated carbocycles. The molecule has 106 valence electrons. The summed E-state index contributed by atoms with van der Waals surface area (Å²) in [5, 5.41) is -0.543. The maximum absolute atomic E-state index is 13.3. The molecule has 0 bridgehead atoms. The molecular weight excluding hydrogens is 301 g/mol. The van der Waals surface area contributed by atoms with Crippen molar-refractivity contribution in [3.05, 3.63) is 64.9 Å². The molecule has 0 aromatic heterocycles. The maximum atomic E-state index is 13.3. The lowest BCUT2D eigenvalue weighted by Crippen LogP contribution is -2.22. The molecule has 20 heavy (non-hydrogen) atoms. The van der Waals surface area contributed by atoms with E-state index in [1.807, 2.05) is 0 Å². The third-order valence-corrected chi connectivity index (χ3v) is 5.35. The van der Waals surface area contributed by atoms with E-state index in [0.717, 1.165) is 0 Å². The molecular formula is C14H13ClFNO2S. The molecule has 0 heterocycles. The molecule has 2 aromatic rings. The van der Waals surface area contributed by atoms with Crippen LogP contribution in [0.25, 0.3) is 0 Å². The van der Waals surface area contributed by atoms with Crippen molar-refractivity contribution in [1.29, 1.82) is 0 Å². The van der Waals surface area contributed by atoms with Crippen LogP contribution >= 0.6 is 11.6 Å². The van der Waals surface area contributed by atoms with E-state index in [2.05, 4.69) is 0 Å². The predicted octanol–water partition coefficient (Wildman–Crippen LogP) is 2.95. The van der Waals surface area contributed by atoms with Crippen molar-refractivity contribution in [2.24, 2.45) is 5.73 Å². The van der Waals surface area contributed by atoms with E-state index in [4.69, 9.17) is 17.3 Å². The van der Waals surface area contributed by atoms with Crippen molar-refractivity contribution in [2.45, 2.75) is 10.1 Å². The van der Waals surface area contributed by atoms with E-state index >= 15 is 0 Å². The molecule has 0 amide bonds. The Kier molecular flexibility index (Phi) is 4.42. The number of benzene rings is 2. The third-order valence-electron chi connectivity index (χ3n) is 2.95. The Morgan fingerprint density at radius 3 is 2.35 bits per heavy atom. The van der Waals surface area contributed by atoms with Gasteiger partial charge in [0.15, 0.2) is 9.84 Å². The minimum Gasteiger partial charge on any atom is -0.329 e. The minimum absolute atomic E-state index is 0.113. The zero-order chi connectivity index (χ0) is 14.8. The van der Waals surface area contributed by atoms with Gasteiger partial charge in [0.05, 0.1) is 4.90 Å². The van der Waals surface area contributed by atoms with E-state index < -0.39 is 20.9 Å². The number of nitrogens with two attached hydrogens (primary N) is 1. The van der Waals surface area contributed by atoms with Gasteiger partial charge in [-0.2, -0.15) is 0 Å². The van der Waals surface area contributed by atoms with Crippen LogP contribution in [0.4, 0.5) is 4.39 Å². The lowest BCUT2D eigenvalue weighted by molar-refractivity contribution is 0.581. The van der Waals surface area contributed by atoms with E-state index in [0.29, 0.717) is 10.6 Å². The third kappa shape index (κ3) is 3.00. The summed E-state index contributed by atoms with van der Waals surface area (Å²) in [5.41, 5.74) is 5.92. The van der Waals surface area contributed by atoms with Crippen LogP contribution < -0.4 is 5.73 Å². The van der Waals surface area contributed by atoms with Gasteiger partial charge in [0.2, 0.25) is 0 Å². The molecule has 0 saturated heterocycles. The molecule has 1 unspecified atom stereocenters. The number of hydrogen-bond acceptors (Lipinski definition) is 3. The average Bonchev–Trinajstić information content (AvgIpc) is 2.40. The van der Waals surface area contributed by atoms with Crippen molar-refractivity contribution in [1.82, 2.24) is 0 Å². The first-order valence-corrected chi connectivity index (χ1v) is 7.82. The SMILES string of the molecule is NCC(c1cccc(F)c1)S(=O)(=O)c1ccc(Cl)cc1. The molecule has 0 aliphatic rings. The fourth-order valence-corrected chi connectivity index (χ4v) is 3.67. The lowest BCUT2D eigenvalue weighted by atomic mass is 10.1. The van der Waals surface area contributed by atoms with Gasteiger partial charge in [0.1, 0.15) is 11.1 Å². The minimum atomic E-state index is -3.69. The van der Waals surface area contributed by atoms with Crippen LogP contribution in [0.1, 0.15) is 10.8 Å². The Morgan fingerprint density at radius 1 is 1.15 bits per heavy atom. The molecule has 2 rings (SSSR count). The van der Waals surface area contributed by atoms with Gasteiger partial charge in [-0.05, 0) is 42.0 Å². The van der Waals surface area contributed by atoms with Crippen molar-refractivity contribution in [2.75, 3.05) is 6.54 Å². The van der Waals surface area contributed by atoms with Crippen molar-refractivity contribution >= 4 is 21.4 Å². The Balaban J connectivity index is 2.47. The molecule has 0 aliphatic carbocycles. The molecule has 0 fully saturated rings. The molecule has 0 radical (unpaired) electrons. The normalized spacial score (nSPS) is 13.2. The number of sulfone groups is 1. The highest BCUT2D eigenvalue weighted by Gasteiger charge is 2.28. The first-order chi connectivity index (χ1) is 9.45. The summed E-state index contributed by atoms with van der Waals surface area (Å²) in [5.74, 6) is -0.493. The van der Waals surface area contributed by atoms with Crippen molar-refractivity contribution in [3.63, 3.8) is 0 Å². The second-order valence-electron chi connectivity index (χ2n) is 4.28. The van der Waals surface area contributed by atoms with Crippen molar-refractivity contribution < 1.29 is 12.8 Å². The molecule has 2 aromatic carbocycles. The number of hydrogen-bond donors (Lipinski definition) is 1. The van der Waals surface area contributed by atoms with Crippen LogP contribution in [-0.2, 0) is 9.84 Å². The quantitative estimate of drug-likeness (QED) is 0.944. The fraction of sp³-hybridized carbons (Fsp3) is 0.143. The Hall–Kier alpha value is -1.43. The van der Waals surface area contributed by atoms with Gasteiger partial charge < -0.3 is 5.73 Å². The van der Waals surface area contributed by atoms with E-state index in [1.165, 1.54) is 42.5 Å². The molecule has 2 N–H and O–H groups in total. The van der Waals surface area contributed by atoms with Crippen molar-refractivity contribution in [3.8, 4) is 0 Å². The molecule has 6 heteroatoms. The standard InChI is InChI=1S/C14H13ClFNO2S/c15-11-4-6-13(7-5-11)20(18,19)14(9-17)10-2-1-3-12(16)8-10/h1-8,14H,9,17H2. The molecule has 0 spiro atoms. The fourth-order valence-electron chi connectivity index (χ4n) is 1.94. The summed E-state index contributed by atoms with van der Waals surface area (Å²) in [4.78, 5) is 0.113. The van der Waals surface area contributed by atoms with Crippen LogP contribution in [0.2, 0.25) is 5.02 Å². The van der Waals surface area contributed by atoms with Gasteiger partial charge in [0.25, 0.3) is 0 Å². The second kappa shape index (κ2) is 5.91. The maximum Gasteiger partial charge on any atom is 0.186 e. The van der Waals surface area contributed by atoms with E-state index in [-0.39, 0.29) is 11.4 Å². The van der Waals surface area contributed by atoms with E-state index in [1.54, 1.807) is 6.07 Å². The lowest BCUT2D eigenvalue weighted by Gasteiger charge is -2.16. The summed E-state index contributed by atoms with van der Waals surface area (Å²) in [7, 11) is -3.69. The molecule has 1 atom stereocenters. The Labute approximate surface area is 122 Å². The smallest absolute Gasteiger partial charge is 0.186 e. The zero-order valence-electron chi connectivity index (χ0n) is 10.5. The van der Waals surface area contributed by atoms with Gasteiger partial charge in [-0.3, -0.25) is 0 Å². The second-order valence-corrected chi connectivity index (χ2v) is 6.85. The van der Waals surface area contributed by atoms with Gasteiger partial charge in [0, 0.05) is 11.6 Å². The highest BCUT2D eigenvalue weighted by atomic mass is 35.5. The summed E-state index contributed by atoms with van der Waals surface area (Å²) in [6, 6.07) is 11.3. The zero-order valence-corrected chi connectivity index (χ0v) is 12.0. The molecule has 0 aliphatic heterocycles.